The van der Waals surface area contributed by atoms with Crippen LogP contribution in [0.3, 0.4) is 0 Å². The third-order valence-corrected chi connectivity index (χ3v) is 4.53. The zero-order valence-corrected chi connectivity index (χ0v) is 11.0. The second kappa shape index (κ2) is 5.55. The molecule has 0 radical (unpaired) electrons. The maximum atomic E-state index is 8.46. The predicted molar refractivity (Wildman–Crippen MR) is 62.6 cm³/mol. The number of aliphatic hydroxyl groups excluding tert-OH is 1. The molecule has 0 aliphatic carbocycles. The molecule has 82 valence electrons. The first-order chi connectivity index (χ1) is 6.27. The van der Waals surface area contributed by atoms with E-state index in [4.69, 9.17) is 9.53 Å². The van der Waals surface area contributed by atoms with Gasteiger partial charge in [-0.2, -0.15) is 0 Å². The molecule has 0 aliphatic heterocycles. The van der Waals surface area contributed by atoms with Crippen LogP contribution in [0.5, 0.6) is 0 Å². The molecular weight excluding hydrogens is 192 g/mol. The lowest BCUT2D eigenvalue weighted by molar-refractivity contribution is 0.331. The molecular formula is C11H22O2Si. The van der Waals surface area contributed by atoms with Crippen LogP contribution in [-0.2, 0) is 4.43 Å². The monoisotopic (exact) mass is 214 g/mol. The average molecular weight is 214 g/mol. The summed E-state index contributed by atoms with van der Waals surface area (Å²) in [5.41, 5.74) is 0.320. The van der Waals surface area contributed by atoms with Gasteiger partial charge in [0, 0.05) is 0 Å². The van der Waals surface area contributed by atoms with Crippen molar-refractivity contribution in [2.24, 2.45) is 5.41 Å². The first kappa shape index (κ1) is 13.7. The van der Waals surface area contributed by atoms with E-state index in [0.29, 0.717) is 12.0 Å². The molecule has 0 aromatic heterocycles. The Morgan fingerprint density at radius 3 is 2.21 bits per heavy atom. The van der Waals surface area contributed by atoms with Crippen molar-refractivity contribution < 1.29 is 9.53 Å². The van der Waals surface area contributed by atoms with Crippen LogP contribution in [0.15, 0.2) is 0 Å². The number of hydrogen-bond acceptors (Lipinski definition) is 2. The molecule has 0 amide bonds. The summed E-state index contributed by atoms with van der Waals surface area (Å²) in [6.45, 7) is 11.5. The molecule has 0 unspecified atom stereocenters. The van der Waals surface area contributed by atoms with Crippen molar-refractivity contribution in [1.29, 1.82) is 0 Å². The Balaban J connectivity index is 3.95. The molecule has 14 heavy (non-hydrogen) atoms. The van der Waals surface area contributed by atoms with E-state index in [1.54, 1.807) is 0 Å². The molecule has 1 N–H and O–H groups in total. The van der Waals surface area contributed by atoms with Crippen molar-refractivity contribution in [3.63, 3.8) is 0 Å². The van der Waals surface area contributed by atoms with Crippen LogP contribution >= 0.6 is 0 Å². The van der Waals surface area contributed by atoms with Crippen LogP contribution in [0.1, 0.15) is 20.8 Å². The fourth-order valence-electron chi connectivity index (χ4n) is 1.67. The fraction of sp³-hybridized carbons (Fsp3) is 0.818. The molecule has 0 bridgehead atoms. The highest BCUT2D eigenvalue weighted by molar-refractivity contribution is 6.71. The zero-order valence-electron chi connectivity index (χ0n) is 9.98. The molecule has 0 saturated carbocycles. The minimum absolute atomic E-state index is 0.0788. The van der Waals surface area contributed by atoms with Gasteiger partial charge in [0.2, 0.25) is 0 Å². The van der Waals surface area contributed by atoms with E-state index >= 15 is 0 Å². The van der Waals surface area contributed by atoms with Gasteiger partial charge >= 0.3 is 0 Å². The van der Waals surface area contributed by atoms with Crippen molar-refractivity contribution in [1.82, 2.24) is 0 Å². The summed E-state index contributed by atoms with van der Waals surface area (Å²) in [5, 5.41) is 8.46. The zero-order chi connectivity index (χ0) is 11.2. The lowest BCUT2D eigenvalue weighted by Gasteiger charge is -2.29. The fourth-order valence-corrected chi connectivity index (χ4v) is 4.79. The van der Waals surface area contributed by atoms with Crippen molar-refractivity contribution in [2.75, 3.05) is 13.2 Å². The topological polar surface area (TPSA) is 29.5 Å². The summed E-state index contributed by atoms with van der Waals surface area (Å²) in [7, 11) is -1.57. The molecule has 0 aliphatic rings. The summed E-state index contributed by atoms with van der Waals surface area (Å²) in [6.07, 6.45) is 0. The van der Waals surface area contributed by atoms with Gasteiger partial charge in [-0.1, -0.05) is 32.6 Å². The highest BCUT2D eigenvalue weighted by Crippen LogP contribution is 2.27. The molecule has 0 atom stereocenters. The Morgan fingerprint density at radius 2 is 1.79 bits per heavy atom. The predicted octanol–water partition coefficient (Wildman–Crippen LogP) is 2.25. The molecule has 0 saturated heterocycles. The maximum absolute atomic E-state index is 8.46. The molecule has 3 heteroatoms. The Labute approximate surface area is 88.8 Å². The van der Waals surface area contributed by atoms with Crippen molar-refractivity contribution in [3.8, 4) is 11.8 Å². The van der Waals surface area contributed by atoms with Gasteiger partial charge in [-0.25, -0.2) is 0 Å². The van der Waals surface area contributed by atoms with Crippen molar-refractivity contribution in [3.05, 3.63) is 0 Å². The van der Waals surface area contributed by atoms with E-state index in [1.807, 2.05) is 0 Å². The van der Waals surface area contributed by atoms with Crippen LogP contribution in [-0.4, -0.2) is 26.6 Å². The number of rotatable bonds is 3. The standard InChI is InChI=1S/C11H22O2Si/c1-11(2,3)10-14(4,5)13-9-7-6-8-12/h12H,8-10H2,1-5H3. The quantitative estimate of drug-likeness (QED) is 0.577. The van der Waals surface area contributed by atoms with Crippen LogP contribution in [0.25, 0.3) is 0 Å². The Morgan fingerprint density at radius 1 is 1.21 bits per heavy atom. The van der Waals surface area contributed by atoms with E-state index in [1.165, 1.54) is 0 Å². The van der Waals surface area contributed by atoms with E-state index < -0.39 is 8.32 Å². The second-order valence-electron chi connectivity index (χ2n) is 5.30. The first-order valence-corrected chi connectivity index (χ1v) is 8.09. The summed E-state index contributed by atoms with van der Waals surface area (Å²) in [4.78, 5) is 0. The highest BCUT2D eigenvalue weighted by Gasteiger charge is 2.28. The van der Waals surface area contributed by atoms with Crippen LogP contribution in [0.4, 0.5) is 0 Å². The minimum atomic E-state index is -1.57. The summed E-state index contributed by atoms with van der Waals surface area (Å²) >= 11 is 0. The molecule has 0 fully saturated rings. The maximum Gasteiger partial charge on any atom is 0.188 e. The third kappa shape index (κ3) is 8.30. The van der Waals surface area contributed by atoms with E-state index in [-0.39, 0.29) is 6.61 Å². The lowest BCUT2D eigenvalue weighted by Crippen LogP contribution is -2.35. The Bertz CT molecular complexity index is 218. The largest absolute Gasteiger partial charge is 0.406 e. The number of hydrogen-bond donors (Lipinski definition) is 1. The van der Waals surface area contributed by atoms with Gasteiger partial charge in [0.15, 0.2) is 8.32 Å². The smallest absolute Gasteiger partial charge is 0.188 e. The van der Waals surface area contributed by atoms with Gasteiger partial charge in [0.1, 0.15) is 6.61 Å². The Hall–Kier alpha value is -0.303. The van der Waals surface area contributed by atoms with Crippen LogP contribution in [0, 0.1) is 17.3 Å². The molecule has 2 nitrogen and oxygen atoms in total. The molecule has 0 spiro atoms. The molecule has 0 aromatic carbocycles. The minimum Gasteiger partial charge on any atom is -0.406 e. The SMILES string of the molecule is CC(C)(C)C[Si](C)(C)OCC#CCO. The van der Waals surface area contributed by atoms with Gasteiger partial charge in [0.25, 0.3) is 0 Å². The molecule has 0 aromatic rings. The highest BCUT2D eigenvalue weighted by atomic mass is 28.4. The van der Waals surface area contributed by atoms with E-state index in [0.717, 1.165) is 6.04 Å². The summed E-state index contributed by atoms with van der Waals surface area (Å²) in [5.74, 6) is 5.38. The van der Waals surface area contributed by atoms with Gasteiger partial charge in [-0.3, -0.25) is 0 Å². The summed E-state index contributed by atoms with van der Waals surface area (Å²) in [6, 6.07) is 1.13. The second-order valence-corrected chi connectivity index (χ2v) is 9.46. The van der Waals surface area contributed by atoms with E-state index in [9.17, 15) is 0 Å². The molecule has 0 heterocycles. The van der Waals surface area contributed by atoms with Gasteiger partial charge in [-0.15, -0.1) is 0 Å². The average Bonchev–Trinajstić information content (AvgIpc) is 1.93. The lowest BCUT2D eigenvalue weighted by atomic mass is 10.0. The first-order valence-electron chi connectivity index (χ1n) is 4.97. The third-order valence-electron chi connectivity index (χ3n) is 1.70. The normalized spacial score (nSPS) is 12.1. The number of aliphatic hydroxyl groups is 1. The van der Waals surface area contributed by atoms with Gasteiger partial charge in [-0.05, 0) is 24.6 Å². The summed E-state index contributed by atoms with van der Waals surface area (Å²) < 4.78 is 5.76. The van der Waals surface area contributed by atoms with Crippen molar-refractivity contribution in [2.45, 2.75) is 39.9 Å². The van der Waals surface area contributed by atoms with E-state index in [2.05, 4.69) is 45.7 Å². The van der Waals surface area contributed by atoms with Gasteiger partial charge in [0.05, 0.1) is 6.61 Å². The molecule has 0 rings (SSSR count). The van der Waals surface area contributed by atoms with Crippen molar-refractivity contribution >= 4 is 8.32 Å². The van der Waals surface area contributed by atoms with Crippen LogP contribution in [0.2, 0.25) is 19.1 Å². The Kier molecular flexibility index (Phi) is 5.43. The van der Waals surface area contributed by atoms with Crippen LogP contribution < -0.4 is 0 Å². The van der Waals surface area contributed by atoms with Gasteiger partial charge < -0.3 is 9.53 Å².